The Labute approximate surface area is 386 Å². The third kappa shape index (κ3) is 47.8. The SMILES string of the molecule is CCCC/C=C\C/C=C\CCCCCCCC(=O)OCCCCCCCCCCCCCCCCC(=O)NC(CO)C(O)CCCCCCCCCCCCCCCCCCC. The molecule has 62 heavy (non-hydrogen) atoms. The number of carbonyl (C=O) groups is 2. The van der Waals surface area contributed by atoms with E-state index in [1.807, 2.05) is 0 Å². The van der Waals surface area contributed by atoms with Gasteiger partial charge in [0.05, 0.1) is 25.4 Å². The van der Waals surface area contributed by atoms with Gasteiger partial charge in [-0.15, -0.1) is 0 Å². The Hall–Kier alpha value is -1.66. The molecule has 6 nitrogen and oxygen atoms in total. The standard InChI is InChI=1S/C56H107NO5/c1-3-5-7-9-11-13-15-17-19-20-21-24-28-32-36-40-44-48-54(59)53(52-58)57-55(60)49-45-41-37-33-29-25-22-23-27-31-35-39-43-47-51-62-56(61)50-46-42-38-34-30-26-18-16-14-12-10-8-6-4-2/h10,12,16,18,53-54,58-59H,3-9,11,13-15,17,19-52H2,1-2H3,(H,57,60)/b12-10-,18-16-. The van der Waals surface area contributed by atoms with Crippen molar-refractivity contribution in [3.63, 3.8) is 0 Å². The van der Waals surface area contributed by atoms with Gasteiger partial charge in [0.15, 0.2) is 0 Å². The van der Waals surface area contributed by atoms with E-state index in [1.54, 1.807) is 0 Å². The van der Waals surface area contributed by atoms with E-state index in [1.165, 1.54) is 205 Å². The van der Waals surface area contributed by atoms with E-state index in [0.29, 0.717) is 25.9 Å². The first-order valence-corrected chi connectivity index (χ1v) is 27.6. The Balaban J connectivity index is 3.45. The first kappa shape index (κ1) is 60.3. The summed E-state index contributed by atoms with van der Waals surface area (Å²) in [5, 5.41) is 23.3. The van der Waals surface area contributed by atoms with Crippen molar-refractivity contribution in [2.24, 2.45) is 0 Å². The van der Waals surface area contributed by atoms with Gasteiger partial charge in [-0.25, -0.2) is 0 Å². The van der Waals surface area contributed by atoms with Crippen LogP contribution >= 0.6 is 0 Å². The van der Waals surface area contributed by atoms with Gasteiger partial charge in [0.1, 0.15) is 0 Å². The van der Waals surface area contributed by atoms with E-state index >= 15 is 0 Å². The average Bonchev–Trinajstić information content (AvgIpc) is 3.27. The van der Waals surface area contributed by atoms with Crippen molar-refractivity contribution in [2.75, 3.05) is 13.2 Å². The molecular formula is C56H107NO5. The number of aliphatic hydroxyl groups excluding tert-OH is 2. The van der Waals surface area contributed by atoms with Crippen molar-refractivity contribution in [1.82, 2.24) is 5.32 Å². The van der Waals surface area contributed by atoms with Crippen molar-refractivity contribution >= 4 is 11.9 Å². The Kier molecular flexibility index (Phi) is 50.6. The largest absolute Gasteiger partial charge is 0.466 e. The summed E-state index contributed by atoms with van der Waals surface area (Å²) in [4.78, 5) is 24.5. The summed E-state index contributed by atoms with van der Waals surface area (Å²) in [5.41, 5.74) is 0. The van der Waals surface area contributed by atoms with Crippen molar-refractivity contribution in [2.45, 2.75) is 309 Å². The molecule has 0 aliphatic carbocycles. The van der Waals surface area contributed by atoms with Crippen LogP contribution in [0.5, 0.6) is 0 Å². The van der Waals surface area contributed by atoms with E-state index < -0.39 is 12.1 Å². The second kappa shape index (κ2) is 52.0. The highest BCUT2D eigenvalue weighted by Crippen LogP contribution is 2.17. The van der Waals surface area contributed by atoms with Gasteiger partial charge in [0.25, 0.3) is 0 Å². The summed E-state index contributed by atoms with van der Waals surface area (Å²) in [6.45, 7) is 4.89. The van der Waals surface area contributed by atoms with Gasteiger partial charge in [-0.05, 0) is 51.4 Å². The molecule has 2 unspecified atom stereocenters. The van der Waals surface area contributed by atoms with Crippen LogP contribution in [0, 0.1) is 0 Å². The number of ether oxygens (including phenoxy) is 1. The van der Waals surface area contributed by atoms with Crippen LogP contribution in [-0.2, 0) is 14.3 Å². The van der Waals surface area contributed by atoms with E-state index in [0.717, 1.165) is 57.8 Å². The molecule has 366 valence electrons. The molecule has 0 saturated heterocycles. The summed E-state index contributed by atoms with van der Waals surface area (Å²) in [5.74, 6) is -0.0610. The fourth-order valence-electron chi connectivity index (χ4n) is 8.48. The molecule has 2 atom stereocenters. The Bertz CT molecular complexity index is 966. The molecular weight excluding hydrogens is 767 g/mol. The average molecular weight is 874 g/mol. The second-order valence-corrected chi connectivity index (χ2v) is 18.9. The lowest BCUT2D eigenvalue weighted by atomic mass is 10.0. The van der Waals surface area contributed by atoms with Crippen LogP contribution in [-0.4, -0.2) is 47.4 Å². The topological polar surface area (TPSA) is 95.9 Å². The van der Waals surface area contributed by atoms with Crippen molar-refractivity contribution in [3.05, 3.63) is 24.3 Å². The zero-order chi connectivity index (χ0) is 45.1. The maximum Gasteiger partial charge on any atom is 0.305 e. The fraction of sp³-hybridized carbons (Fsp3) is 0.893. The van der Waals surface area contributed by atoms with E-state index in [9.17, 15) is 19.8 Å². The molecule has 0 spiro atoms. The van der Waals surface area contributed by atoms with Gasteiger partial charge < -0.3 is 20.3 Å². The van der Waals surface area contributed by atoms with Gasteiger partial charge in [0.2, 0.25) is 5.91 Å². The van der Waals surface area contributed by atoms with Crippen LogP contribution in [0.1, 0.15) is 296 Å². The molecule has 0 aliphatic rings. The lowest BCUT2D eigenvalue weighted by Crippen LogP contribution is -2.45. The molecule has 0 bridgehead atoms. The monoisotopic (exact) mass is 874 g/mol. The van der Waals surface area contributed by atoms with Gasteiger partial charge in [-0.1, -0.05) is 256 Å². The molecule has 0 aliphatic heterocycles. The Morgan fingerprint density at radius 3 is 1.27 bits per heavy atom. The smallest absolute Gasteiger partial charge is 0.305 e. The van der Waals surface area contributed by atoms with Crippen LogP contribution in [0.25, 0.3) is 0 Å². The molecule has 0 radical (unpaired) electrons. The second-order valence-electron chi connectivity index (χ2n) is 18.9. The van der Waals surface area contributed by atoms with Crippen LogP contribution in [0.3, 0.4) is 0 Å². The normalized spacial score (nSPS) is 12.8. The molecule has 0 aromatic carbocycles. The summed E-state index contributed by atoms with van der Waals surface area (Å²) >= 11 is 0. The minimum Gasteiger partial charge on any atom is -0.466 e. The fourth-order valence-corrected chi connectivity index (χ4v) is 8.48. The first-order valence-electron chi connectivity index (χ1n) is 27.6. The molecule has 0 fully saturated rings. The zero-order valence-electron chi connectivity index (χ0n) is 41.6. The van der Waals surface area contributed by atoms with Gasteiger partial charge in [-0.3, -0.25) is 9.59 Å². The van der Waals surface area contributed by atoms with Gasteiger partial charge in [-0.2, -0.15) is 0 Å². The Morgan fingerprint density at radius 1 is 0.452 bits per heavy atom. The molecule has 6 heteroatoms. The highest BCUT2D eigenvalue weighted by atomic mass is 16.5. The number of esters is 1. The number of aliphatic hydroxyl groups is 2. The quantitative estimate of drug-likeness (QED) is 0.0321. The van der Waals surface area contributed by atoms with Gasteiger partial charge in [0, 0.05) is 12.8 Å². The summed E-state index contributed by atoms with van der Waals surface area (Å²) < 4.78 is 5.46. The van der Waals surface area contributed by atoms with Crippen LogP contribution < -0.4 is 5.32 Å². The van der Waals surface area contributed by atoms with Crippen LogP contribution in [0.15, 0.2) is 24.3 Å². The number of carbonyl (C=O) groups excluding carboxylic acids is 2. The molecule has 0 heterocycles. The minimum absolute atomic E-state index is 0.0165. The molecule has 1 amide bonds. The van der Waals surface area contributed by atoms with E-state index in [4.69, 9.17) is 4.74 Å². The van der Waals surface area contributed by atoms with E-state index in [-0.39, 0.29) is 18.5 Å². The van der Waals surface area contributed by atoms with Crippen molar-refractivity contribution in [3.8, 4) is 0 Å². The molecule has 0 aromatic rings. The number of nitrogens with one attached hydrogen (secondary N) is 1. The number of amides is 1. The summed E-state index contributed by atoms with van der Waals surface area (Å²) in [6, 6.07) is -0.550. The summed E-state index contributed by atoms with van der Waals surface area (Å²) in [6.07, 6.45) is 61.5. The maximum absolute atomic E-state index is 12.5. The predicted molar refractivity (Wildman–Crippen MR) is 269 cm³/mol. The molecule has 0 saturated carbocycles. The highest BCUT2D eigenvalue weighted by Gasteiger charge is 2.20. The van der Waals surface area contributed by atoms with E-state index in [2.05, 4.69) is 43.5 Å². The minimum atomic E-state index is -0.672. The molecule has 3 N–H and O–H groups in total. The highest BCUT2D eigenvalue weighted by molar-refractivity contribution is 5.76. The predicted octanol–water partition coefficient (Wildman–Crippen LogP) is 16.7. The van der Waals surface area contributed by atoms with Crippen molar-refractivity contribution in [1.29, 1.82) is 0 Å². The number of hydrogen-bond donors (Lipinski definition) is 3. The Morgan fingerprint density at radius 2 is 0.823 bits per heavy atom. The van der Waals surface area contributed by atoms with Crippen LogP contribution in [0.2, 0.25) is 0 Å². The molecule has 0 aromatic heterocycles. The number of unbranched alkanes of at least 4 members (excludes halogenated alkanes) is 36. The third-order valence-electron chi connectivity index (χ3n) is 12.8. The lowest BCUT2D eigenvalue weighted by molar-refractivity contribution is -0.143. The number of rotatable bonds is 51. The van der Waals surface area contributed by atoms with Crippen LogP contribution in [0.4, 0.5) is 0 Å². The zero-order valence-corrected chi connectivity index (χ0v) is 41.6. The number of hydrogen-bond acceptors (Lipinski definition) is 5. The van der Waals surface area contributed by atoms with Crippen molar-refractivity contribution < 1.29 is 24.5 Å². The lowest BCUT2D eigenvalue weighted by Gasteiger charge is -2.22. The maximum atomic E-state index is 12.5. The number of allylic oxidation sites excluding steroid dienone is 4. The third-order valence-corrected chi connectivity index (χ3v) is 12.8. The first-order chi connectivity index (χ1) is 30.5. The summed E-state index contributed by atoms with van der Waals surface area (Å²) in [7, 11) is 0. The van der Waals surface area contributed by atoms with Gasteiger partial charge >= 0.3 is 5.97 Å². The molecule has 0 rings (SSSR count).